The molecule has 0 bridgehead atoms. The summed E-state index contributed by atoms with van der Waals surface area (Å²) in [6.45, 7) is 0.219. The van der Waals surface area contributed by atoms with Gasteiger partial charge in [-0.1, -0.05) is 29.5 Å². The average Bonchev–Trinajstić information content (AvgIpc) is 2.47. The number of rotatable bonds is 2. The lowest BCUT2D eigenvalue weighted by Crippen LogP contribution is -2.31. The number of nitrogen functional groups attached to an aromatic ring is 1. The van der Waals surface area contributed by atoms with Gasteiger partial charge >= 0.3 is 4.87 Å². The smallest absolute Gasteiger partial charge is 0.310 e. The maximum absolute atomic E-state index is 12.4. The monoisotopic (exact) mass is 362 g/mol. The van der Waals surface area contributed by atoms with E-state index in [1.165, 1.54) is 4.57 Å². The SMILES string of the molecule is Nc1cc(Cn2c(=O)sc3ccccc3c2=O)ccc1Br. The van der Waals surface area contributed by atoms with Crippen LogP contribution in [0.2, 0.25) is 0 Å². The summed E-state index contributed by atoms with van der Waals surface area (Å²) in [5.74, 6) is 0. The molecule has 1 heterocycles. The topological polar surface area (TPSA) is 65.1 Å². The van der Waals surface area contributed by atoms with Gasteiger partial charge in [0.2, 0.25) is 0 Å². The summed E-state index contributed by atoms with van der Waals surface area (Å²) < 4.78 is 2.75. The minimum atomic E-state index is -0.268. The fourth-order valence-corrected chi connectivity index (χ4v) is 3.22. The Hall–Kier alpha value is -1.92. The van der Waals surface area contributed by atoms with Gasteiger partial charge in [-0.2, -0.15) is 0 Å². The highest BCUT2D eigenvalue weighted by Crippen LogP contribution is 2.20. The molecule has 0 aliphatic heterocycles. The van der Waals surface area contributed by atoms with E-state index in [1.54, 1.807) is 24.3 Å². The zero-order valence-electron chi connectivity index (χ0n) is 10.9. The van der Waals surface area contributed by atoms with Gasteiger partial charge in [0.1, 0.15) is 0 Å². The lowest BCUT2D eigenvalue weighted by Gasteiger charge is -2.07. The third-order valence-electron chi connectivity index (χ3n) is 3.18. The molecule has 4 nitrogen and oxygen atoms in total. The summed E-state index contributed by atoms with van der Waals surface area (Å²) in [6, 6.07) is 12.5. The molecule has 6 heteroatoms. The molecular weight excluding hydrogens is 352 g/mol. The van der Waals surface area contributed by atoms with Crippen molar-refractivity contribution < 1.29 is 0 Å². The first-order valence-corrected chi connectivity index (χ1v) is 7.84. The van der Waals surface area contributed by atoms with Crippen LogP contribution in [-0.2, 0) is 6.54 Å². The van der Waals surface area contributed by atoms with E-state index in [2.05, 4.69) is 15.9 Å². The van der Waals surface area contributed by atoms with Crippen molar-refractivity contribution in [1.82, 2.24) is 4.57 Å². The molecule has 0 atom stereocenters. The Bertz CT molecular complexity index is 946. The molecule has 0 amide bonds. The Morgan fingerprint density at radius 1 is 1.14 bits per heavy atom. The van der Waals surface area contributed by atoms with E-state index >= 15 is 0 Å². The molecule has 0 aliphatic rings. The Balaban J connectivity index is 2.14. The van der Waals surface area contributed by atoms with Crippen molar-refractivity contribution >= 4 is 43.0 Å². The van der Waals surface area contributed by atoms with Crippen LogP contribution in [0.15, 0.2) is 56.5 Å². The maximum atomic E-state index is 12.4. The molecule has 106 valence electrons. The second-order valence-corrected chi connectivity index (χ2v) is 6.46. The van der Waals surface area contributed by atoms with E-state index in [0.717, 1.165) is 21.4 Å². The highest BCUT2D eigenvalue weighted by atomic mass is 79.9. The van der Waals surface area contributed by atoms with Crippen LogP contribution in [0.3, 0.4) is 0 Å². The number of fused-ring (bicyclic) bond motifs is 1. The molecule has 2 aromatic carbocycles. The summed E-state index contributed by atoms with van der Waals surface area (Å²) in [4.78, 5) is 24.3. The fraction of sp³-hybridized carbons (Fsp3) is 0.0667. The first-order chi connectivity index (χ1) is 10.1. The molecule has 0 fully saturated rings. The van der Waals surface area contributed by atoms with Gasteiger partial charge in [0.25, 0.3) is 5.56 Å². The molecule has 21 heavy (non-hydrogen) atoms. The van der Waals surface area contributed by atoms with Gasteiger partial charge in [-0.3, -0.25) is 14.2 Å². The highest BCUT2D eigenvalue weighted by molar-refractivity contribution is 9.10. The van der Waals surface area contributed by atoms with Crippen molar-refractivity contribution in [1.29, 1.82) is 0 Å². The lowest BCUT2D eigenvalue weighted by atomic mass is 10.2. The molecule has 0 saturated carbocycles. The Morgan fingerprint density at radius 2 is 1.90 bits per heavy atom. The second kappa shape index (κ2) is 5.46. The molecule has 0 saturated heterocycles. The van der Waals surface area contributed by atoms with E-state index in [9.17, 15) is 9.59 Å². The molecular formula is C15H11BrN2O2S. The number of aromatic nitrogens is 1. The van der Waals surface area contributed by atoms with Gasteiger partial charge in [-0.05, 0) is 45.8 Å². The summed E-state index contributed by atoms with van der Waals surface area (Å²) in [6.07, 6.45) is 0. The van der Waals surface area contributed by atoms with Crippen LogP contribution in [-0.4, -0.2) is 4.57 Å². The maximum Gasteiger partial charge on any atom is 0.310 e. The van der Waals surface area contributed by atoms with E-state index in [1.807, 2.05) is 18.2 Å². The number of hydrogen-bond acceptors (Lipinski definition) is 4. The number of nitrogens with zero attached hydrogens (tertiary/aromatic N) is 1. The molecule has 2 N–H and O–H groups in total. The van der Waals surface area contributed by atoms with Gasteiger partial charge in [-0.25, -0.2) is 0 Å². The van der Waals surface area contributed by atoms with E-state index in [4.69, 9.17) is 5.73 Å². The van der Waals surface area contributed by atoms with Crippen molar-refractivity contribution in [2.45, 2.75) is 6.54 Å². The minimum absolute atomic E-state index is 0.219. The van der Waals surface area contributed by atoms with Crippen molar-refractivity contribution in [3.8, 4) is 0 Å². The Morgan fingerprint density at radius 3 is 2.67 bits per heavy atom. The largest absolute Gasteiger partial charge is 0.398 e. The number of halogens is 1. The zero-order valence-corrected chi connectivity index (χ0v) is 13.3. The van der Waals surface area contributed by atoms with Crippen LogP contribution >= 0.6 is 27.3 Å². The predicted molar refractivity (Wildman–Crippen MR) is 90.0 cm³/mol. The molecule has 0 unspecified atom stereocenters. The van der Waals surface area contributed by atoms with Crippen molar-refractivity contribution in [2.24, 2.45) is 0 Å². The van der Waals surface area contributed by atoms with E-state index < -0.39 is 0 Å². The summed E-state index contributed by atoms with van der Waals surface area (Å²) in [7, 11) is 0. The van der Waals surface area contributed by atoms with E-state index in [-0.39, 0.29) is 17.0 Å². The first kappa shape index (κ1) is 14.0. The van der Waals surface area contributed by atoms with Crippen molar-refractivity contribution in [2.75, 3.05) is 5.73 Å². The Labute approximate surface area is 132 Å². The van der Waals surface area contributed by atoms with Gasteiger partial charge < -0.3 is 5.73 Å². The normalized spacial score (nSPS) is 10.9. The predicted octanol–water partition coefficient (Wildman–Crippen LogP) is 2.82. The second-order valence-electron chi connectivity index (χ2n) is 4.61. The van der Waals surface area contributed by atoms with E-state index in [0.29, 0.717) is 15.8 Å². The quantitative estimate of drug-likeness (QED) is 0.712. The first-order valence-electron chi connectivity index (χ1n) is 6.23. The zero-order chi connectivity index (χ0) is 15.0. The summed E-state index contributed by atoms with van der Waals surface area (Å²) in [5.41, 5.74) is 6.96. The average molecular weight is 363 g/mol. The fourth-order valence-electron chi connectivity index (χ4n) is 2.12. The standard InChI is InChI=1S/C15H11BrN2O2S/c16-11-6-5-9(7-12(11)17)8-18-14(19)10-3-1-2-4-13(10)21-15(18)20/h1-7H,8,17H2. The molecule has 0 spiro atoms. The molecule has 1 aromatic heterocycles. The molecule has 0 aliphatic carbocycles. The molecule has 3 aromatic rings. The van der Waals surface area contributed by atoms with Crippen LogP contribution in [0, 0.1) is 0 Å². The van der Waals surface area contributed by atoms with Gasteiger partial charge in [0, 0.05) is 14.9 Å². The summed E-state index contributed by atoms with van der Waals surface area (Å²) in [5, 5.41) is 0.562. The van der Waals surface area contributed by atoms with Gasteiger partial charge in [-0.15, -0.1) is 0 Å². The number of benzene rings is 2. The van der Waals surface area contributed by atoms with Gasteiger partial charge in [0.15, 0.2) is 0 Å². The molecule has 3 rings (SSSR count). The van der Waals surface area contributed by atoms with Crippen molar-refractivity contribution in [3.63, 3.8) is 0 Å². The van der Waals surface area contributed by atoms with Crippen LogP contribution in [0.25, 0.3) is 10.1 Å². The minimum Gasteiger partial charge on any atom is -0.398 e. The molecule has 0 radical (unpaired) electrons. The van der Waals surface area contributed by atoms with Crippen LogP contribution in [0.1, 0.15) is 5.56 Å². The highest BCUT2D eigenvalue weighted by Gasteiger charge is 2.09. The number of hydrogen-bond donors (Lipinski definition) is 1. The van der Waals surface area contributed by atoms with Crippen LogP contribution < -0.4 is 16.2 Å². The number of nitrogens with two attached hydrogens (primary N) is 1. The lowest BCUT2D eigenvalue weighted by molar-refractivity contribution is 0.753. The van der Waals surface area contributed by atoms with Crippen LogP contribution in [0.4, 0.5) is 5.69 Å². The third kappa shape index (κ3) is 2.64. The van der Waals surface area contributed by atoms with Crippen molar-refractivity contribution in [3.05, 3.63) is 72.5 Å². The Kier molecular flexibility index (Phi) is 3.65. The summed E-state index contributed by atoms with van der Waals surface area (Å²) >= 11 is 4.40. The third-order valence-corrected chi connectivity index (χ3v) is 4.87. The van der Waals surface area contributed by atoms with Gasteiger partial charge in [0.05, 0.1) is 11.9 Å². The van der Waals surface area contributed by atoms with Crippen LogP contribution in [0.5, 0.6) is 0 Å². The number of anilines is 1.